The lowest BCUT2D eigenvalue weighted by atomic mass is 9.98. The Kier molecular flexibility index (Phi) is 4.02. The minimum atomic E-state index is -0.741. The van der Waals surface area contributed by atoms with E-state index in [1.807, 2.05) is 24.3 Å². The van der Waals surface area contributed by atoms with E-state index in [-0.39, 0.29) is 0 Å². The van der Waals surface area contributed by atoms with E-state index in [2.05, 4.69) is 18.7 Å². The topological polar surface area (TPSA) is 40.5 Å². The van der Waals surface area contributed by atoms with Crippen LogP contribution in [0.2, 0.25) is 0 Å². The molecule has 0 radical (unpaired) electrons. The van der Waals surface area contributed by atoms with Gasteiger partial charge in [-0.05, 0) is 43.0 Å². The summed E-state index contributed by atoms with van der Waals surface area (Å²) in [7, 11) is 0. The van der Waals surface area contributed by atoms with E-state index >= 15 is 0 Å². The highest BCUT2D eigenvalue weighted by Gasteiger charge is 2.29. The number of likely N-dealkylation sites (tertiary alicyclic amines) is 1. The second kappa shape index (κ2) is 5.53. The van der Waals surface area contributed by atoms with E-state index in [1.165, 1.54) is 5.56 Å². The zero-order valence-corrected chi connectivity index (χ0v) is 11.1. The summed E-state index contributed by atoms with van der Waals surface area (Å²) >= 11 is 0. The molecule has 1 atom stereocenters. The van der Waals surface area contributed by atoms with Crippen LogP contribution in [0.5, 0.6) is 0 Å². The highest BCUT2D eigenvalue weighted by Crippen LogP contribution is 2.26. The number of aliphatic carboxylic acids is 1. The lowest BCUT2D eigenvalue weighted by Gasteiger charge is -2.24. The lowest BCUT2D eigenvalue weighted by molar-refractivity contribution is -0.143. The summed E-state index contributed by atoms with van der Waals surface area (Å²) in [4.78, 5) is 13.5. The Morgan fingerprint density at radius 2 is 1.61 bits per heavy atom. The molecule has 1 aromatic rings. The number of carboxylic acid groups (broad SMARTS) is 1. The van der Waals surface area contributed by atoms with Crippen LogP contribution in [-0.2, 0) is 4.79 Å². The molecule has 1 heterocycles. The summed E-state index contributed by atoms with van der Waals surface area (Å²) in [6, 6.07) is 7.55. The van der Waals surface area contributed by atoms with Gasteiger partial charge in [-0.3, -0.25) is 9.69 Å². The van der Waals surface area contributed by atoms with Gasteiger partial charge in [0.1, 0.15) is 6.04 Å². The van der Waals surface area contributed by atoms with Crippen LogP contribution in [0.3, 0.4) is 0 Å². The molecule has 2 rings (SSSR count). The van der Waals surface area contributed by atoms with Crippen LogP contribution in [0.25, 0.3) is 0 Å². The molecule has 1 N–H and O–H groups in total. The van der Waals surface area contributed by atoms with Gasteiger partial charge in [0.25, 0.3) is 0 Å². The van der Waals surface area contributed by atoms with Crippen molar-refractivity contribution in [2.75, 3.05) is 13.1 Å². The summed E-state index contributed by atoms with van der Waals surface area (Å²) < 4.78 is 0. The van der Waals surface area contributed by atoms with Crippen LogP contribution in [-0.4, -0.2) is 29.1 Å². The first-order chi connectivity index (χ1) is 8.59. The van der Waals surface area contributed by atoms with E-state index in [4.69, 9.17) is 0 Å². The Labute approximate surface area is 108 Å². The minimum absolute atomic E-state index is 0.478. The zero-order chi connectivity index (χ0) is 13.1. The maximum Gasteiger partial charge on any atom is 0.325 e. The normalized spacial score (nSPS) is 18.2. The van der Waals surface area contributed by atoms with E-state index < -0.39 is 12.0 Å². The highest BCUT2D eigenvalue weighted by atomic mass is 16.4. The van der Waals surface area contributed by atoms with Gasteiger partial charge in [-0.1, -0.05) is 38.1 Å². The Bertz CT molecular complexity index is 405. The number of carboxylic acids is 1. The largest absolute Gasteiger partial charge is 0.480 e. The number of hydrogen-bond acceptors (Lipinski definition) is 2. The monoisotopic (exact) mass is 247 g/mol. The summed E-state index contributed by atoms with van der Waals surface area (Å²) in [5, 5.41) is 9.42. The molecule has 0 amide bonds. The number of nitrogens with zero attached hydrogens (tertiary/aromatic N) is 1. The van der Waals surface area contributed by atoms with Gasteiger partial charge in [-0.25, -0.2) is 0 Å². The molecule has 3 nitrogen and oxygen atoms in total. The molecule has 0 spiro atoms. The van der Waals surface area contributed by atoms with Crippen LogP contribution in [0.1, 0.15) is 49.8 Å². The lowest BCUT2D eigenvalue weighted by Crippen LogP contribution is -2.31. The van der Waals surface area contributed by atoms with Crippen molar-refractivity contribution in [3.8, 4) is 0 Å². The summed E-state index contributed by atoms with van der Waals surface area (Å²) in [6.45, 7) is 6.07. The van der Waals surface area contributed by atoms with Crippen molar-refractivity contribution in [3.05, 3.63) is 35.4 Å². The Morgan fingerprint density at radius 3 is 2.06 bits per heavy atom. The van der Waals surface area contributed by atoms with Crippen LogP contribution >= 0.6 is 0 Å². The first kappa shape index (κ1) is 13.1. The molecule has 18 heavy (non-hydrogen) atoms. The van der Waals surface area contributed by atoms with Gasteiger partial charge in [0.05, 0.1) is 0 Å². The number of rotatable bonds is 4. The zero-order valence-electron chi connectivity index (χ0n) is 11.1. The average Bonchev–Trinajstić information content (AvgIpc) is 2.83. The highest BCUT2D eigenvalue weighted by molar-refractivity contribution is 5.75. The number of benzene rings is 1. The summed E-state index contributed by atoms with van der Waals surface area (Å²) in [6.07, 6.45) is 2.21. The van der Waals surface area contributed by atoms with Gasteiger partial charge in [0, 0.05) is 0 Å². The predicted molar refractivity (Wildman–Crippen MR) is 71.7 cm³/mol. The fourth-order valence-corrected chi connectivity index (χ4v) is 2.57. The first-order valence-electron chi connectivity index (χ1n) is 6.66. The number of hydrogen-bond donors (Lipinski definition) is 1. The fourth-order valence-electron chi connectivity index (χ4n) is 2.57. The van der Waals surface area contributed by atoms with Crippen molar-refractivity contribution in [1.29, 1.82) is 0 Å². The van der Waals surface area contributed by atoms with Crippen LogP contribution in [0.4, 0.5) is 0 Å². The van der Waals surface area contributed by atoms with E-state index in [0.717, 1.165) is 31.5 Å². The van der Waals surface area contributed by atoms with Crippen molar-refractivity contribution < 1.29 is 9.90 Å². The van der Waals surface area contributed by atoms with E-state index in [9.17, 15) is 9.90 Å². The Morgan fingerprint density at radius 1 is 1.11 bits per heavy atom. The molecule has 0 unspecified atom stereocenters. The Balaban J connectivity index is 2.22. The first-order valence-corrected chi connectivity index (χ1v) is 6.66. The molecule has 98 valence electrons. The predicted octanol–water partition coefficient (Wildman–Crippen LogP) is 3.03. The quantitative estimate of drug-likeness (QED) is 0.889. The van der Waals surface area contributed by atoms with Crippen LogP contribution in [0, 0.1) is 0 Å². The van der Waals surface area contributed by atoms with Gasteiger partial charge in [0.2, 0.25) is 0 Å². The smallest absolute Gasteiger partial charge is 0.325 e. The van der Waals surface area contributed by atoms with Crippen molar-refractivity contribution in [2.45, 2.75) is 38.6 Å². The van der Waals surface area contributed by atoms with Crippen LogP contribution < -0.4 is 0 Å². The molecular weight excluding hydrogens is 226 g/mol. The summed E-state index contributed by atoms with van der Waals surface area (Å²) in [5.74, 6) is -0.261. The van der Waals surface area contributed by atoms with Crippen molar-refractivity contribution in [1.82, 2.24) is 4.90 Å². The van der Waals surface area contributed by atoms with Crippen LogP contribution in [0.15, 0.2) is 24.3 Å². The average molecular weight is 247 g/mol. The van der Waals surface area contributed by atoms with E-state index in [1.54, 1.807) is 0 Å². The molecule has 0 saturated carbocycles. The molecule has 0 aliphatic carbocycles. The maximum absolute atomic E-state index is 11.5. The fraction of sp³-hybridized carbons (Fsp3) is 0.533. The molecule has 1 saturated heterocycles. The molecule has 0 bridgehead atoms. The molecule has 1 fully saturated rings. The van der Waals surface area contributed by atoms with Gasteiger partial charge < -0.3 is 5.11 Å². The van der Waals surface area contributed by atoms with Gasteiger partial charge >= 0.3 is 5.97 Å². The SMILES string of the molecule is CC(C)c1ccc([C@@H](C(=O)O)N2CCCC2)cc1. The molecule has 1 aliphatic rings. The number of carbonyl (C=O) groups is 1. The minimum Gasteiger partial charge on any atom is -0.480 e. The van der Waals surface area contributed by atoms with Crippen molar-refractivity contribution in [3.63, 3.8) is 0 Å². The maximum atomic E-state index is 11.5. The second-order valence-corrected chi connectivity index (χ2v) is 5.31. The third-order valence-corrected chi connectivity index (χ3v) is 3.66. The van der Waals surface area contributed by atoms with Gasteiger partial charge in [0.15, 0.2) is 0 Å². The molecular formula is C15H21NO2. The van der Waals surface area contributed by atoms with Crippen molar-refractivity contribution >= 4 is 5.97 Å². The second-order valence-electron chi connectivity index (χ2n) is 5.31. The molecule has 1 aliphatic heterocycles. The third kappa shape index (κ3) is 2.72. The van der Waals surface area contributed by atoms with E-state index in [0.29, 0.717) is 5.92 Å². The van der Waals surface area contributed by atoms with Gasteiger partial charge in [-0.15, -0.1) is 0 Å². The van der Waals surface area contributed by atoms with Crippen molar-refractivity contribution in [2.24, 2.45) is 0 Å². The molecule has 3 heteroatoms. The standard InChI is InChI=1S/C15H21NO2/c1-11(2)12-5-7-13(8-6-12)14(15(17)18)16-9-3-4-10-16/h5-8,11,14H,3-4,9-10H2,1-2H3,(H,17,18)/t14-/m0/s1. The Hall–Kier alpha value is -1.35. The molecule has 1 aromatic carbocycles. The summed E-state index contributed by atoms with van der Waals surface area (Å²) in [5.41, 5.74) is 2.15. The third-order valence-electron chi connectivity index (χ3n) is 3.66. The van der Waals surface area contributed by atoms with Gasteiger partial charge in [-0.2, -0.15) is 0 Å². The molecule has 0 aromatic heterocycles.